The molecule has 0 aliphatic carbocycles. The lowest BCUT2D eigenvalue weighted by atomic mass is 10.2. The van der Waals surface area contributed by atoms with Crippen LogP contribution in [0.5, 0.6) is 0 Å². The molecule has 0 amide bonds. The molecule has 0 aromatic carbocycles. The minimum Gasteiger partial charge on any atom is -0.480 e. The first-order valence-corrected chi connectivity index (χ1v) is 6.66. The normalized spacial score (nSPS) is 23.8. The second-order valence-electron chi connectivity index (χ2n) is 4.38. The van der Waals surface area contributed by atoms with Gasteiger partial charge in [-0.15, -0.1) is 0 Å². The van der Waals surface area contributed by atoms with Crippen molar-refractivity contribution in [2.75, 3.05) is 19.6 Å². The molecule has 1 aliphatic rings. The summed E-state index contributed by atoms with van der Waals surface area (Å²) in [5.41, 5.74) is 0. The maximum atomic E-state index is 12.0. The van der Waals surface area contributed by atoms with E-state index in [4.69, 9.17) is 5.11 Å². The molecular formula is C9H18N2O4S. The highest BCUT2D eigenvalue weighted by Gasteiger charge is 2.41. The number of carboxylic acids is 1. The van der Waals surface area contributed by atoms with Crippen LogP contribution in [0.2, 0.25) is 0 Å². The highest BCUT2D eigenvalue weighted by atomic mass is 32.2. The average Bonchev–Trinajstić information content (AvgIpc) is 2.40. The van der Waals surface area contributed by atoms with Crippen molar-refractivity contribution in [3.05, 3.63) is 0 Å². The molecule has 0 spiro atoms. The van der Waals surface area contributed by atoms with Crippen molar-refractivity contribution in [3.8, 4) is 0 Å². The molecule has 16 heavy (non-hydrogen) atoms. The molecule has 1 rings (SSSR count). The summed E-state index contributed by atoms with van der Waals surface area (Å²) >= 11 is 0. The van der Waals surface area contributed by atoms with Crippen molar-refractivity contribution in [2.24, 2.45) is 5.92 Å². The first-order valence-electron chi connectivity index (χ1n) is 5.26. The molecule has 6 nitrogen and oxygen atoms in total. The van der Waals surface area contributed by atoms with Crippen LogP contribution in [-0.2, 0) is 15.0 Å². The van der Waals surface area contributed by atoms with Crippen LogP contribution in [0.3, 0.4) is 0 Å². The second-order valence-corrected chi connectivity index (χ2v) is 6.27. The number of nitrogens with zero attached hydrogens (tertiary/aromatic N) is 2. The molecule has 0 bridgehead atoms. The molecule has 1 fully saturated rings. The van der Waals surface area contributed by atoms with E-state index in [1.54, 1.807) is 0 Å². The van der Waals surface area contributed by atoms with Gasteiger partial charge in [0.2, 0.25) is 0 Å². The predicted octanol–water partition coefficient (Wildman–Crippen LogP) is -0.0221. The monoisotopic (exact) mass is 250 g/mol. The molecular weight excluding hydrogens is 232 g/mol. The molecule has 1 heterocycles. The second kappa shape index (κ2) is 4.68. The minimum absolute atomic E-state index is 0.231. The van der Waals surface area contributed by atoms with Crippen LogP contribution >= 0.6 is 0 Å². The molecule has 0 aromatic rings. The van der Waals surface area contributed by atoms with Crippen LogP contribution < -0.4 is 0 Å². The van der Waals surface area contributed by atoms with E-state index in [9.17, 15) is 13.2 Å². The van der Waals surface area contributed by atoms with E-state index in [0.717, 1.165) is 4.31 Å². The van der Waals surface area contributed by atoms with Gasteiger partial charge < -0.3 is 5.11 Å². The fourth-order valence-electron chi connectivity index (χ4n) is 1.70. The zero-order chi connectivity index (χ0) is 12.5. The minimum atomic E-state index is -3.58. The fourth-order valence-corrected chi connectivity index (χ4v) is 3.60. The molecule has 0 radical (unpaired) electrons. The Balaban J connectivity index is 2.84. The van der Waals surface area contributed by atoms with E-state index in [2.05, 4.69) is 0 Å². The molecule has 0 saturated carbocycles. The molecule has 1 saturated heterocycles. The summed E-state index contributed by atoms with van der Waals surface area (Å²) < 4.78 is 26.3. The topological polar surface area (TPSA) is 77.9 Å². The van der Waals surface area contributed by atoms with Gasteiger partial charge in [0, 0.05) is 19.6 Å². The van der Waals surface area contributed by atoms with Crippen molar-refractivity contribution in [2.45, 2.75) is 26.8 Å². The number of aliphatic carboxylic acids is 1. The van der Waals surface area contributed by atoms with Gasteiger partial charge in [-0.05, 0) is 12.8 Å². The standard InChI is InChI=1S/C9H18N2O4S/c1-7(2)6-10-4-5-11(16(10,14)15)8(3)9(12)13/h7-8H,4-6H2,1-3H3,(H,12,13). The van der Waals surface area contributed by atoms with Crippen LogP contribution in [-0.4, -0.2) is 53.8 Å². The lowest BCUT2D eigenvalue weighted by Crippen LogP contribution is -2.43. The maximum absolute atomic E-state index is 12.0. The number of carboxylic acid groups (broad SMARTS) is 1. The van der Waals surface area contributed by atoms with Gasteiger partial charge in [-0.3, -0.25) is 4.79 Å². The highest BCUT2D eigenvalue weighted by Crippen LogP contribution is 2.20. The van der Waals surface area contributed by atoms with Crippen LogP contribution in [0.4, 0.5) is 0 Å². The zero-order valence-electron chi connectivity index (χ0n) is 9.75. The third kappa shape index (κ3) is 2.53. The Morgan fingerprint density at radius 3 is 2.31 bits per heavy atom. The van der Waals surface area contributed by atoms with Gasteiger partial charge in [0.25, 0.3) is 10.2 Å². The largest absolute Gasteiger partial charge is 0.480 e. The van der Waals surface area contributed by atoms with Gasteiger partial charge in [0.05, 0.1) is 0 Å². The Morgan fingerprint density at radius 2 is 1.88 bits per heavy atom. The third-order valence-corrected chi connectivity index (χ3v) is 4.63. The van der Waals surface area contributed by atoms with Crippen molar-refractivity contribution < 1.29 is 18.3 Å². The molecule has 1 unspecified atom stereocenters. The van der Waals surface area contributed by atoms with Crippen molar-refractivity contribution in [1.29, 1.82) is 0 Å². The summed E-state index contributed by atoms with van der Waals surface area (Å²) in [5, 5.41) is 8.82. The summed E-state index contributed by atoms with van der Waals surface area (Å²) in [4.78, 5) is 10.8. The quantitative estimate of drug-likeness (QED) is 0.760. The summed E-state index contributed by atoms with van der Waals surface area (Å²) in [6.07, 6.45) is 0. The molecule has 1 N–H and O–H groups in total. The summed E-state index contributed by atoms with van der Waals surface area (Å²) in [5.74, 6) is -0.884. The summed E-state index contributed by atoms with van der Waals surface area (Å²) in [6.45, 7) is 6.31. The van der Waals surface area contributed by atoms with Crippen molar-refractivity contribution in [3.63, 3.8) is 0 Å². The number of hydrogen-bond donors (Lipinski definition) is 1. The Labute approximate surface area is 96.0 Å². The zero-order valence-corrected chi connectivity index (χ0v) is 10.6. The molecule has 1 aliphatic heterocycles. The van der Waals surface area contributed by atoms with Crippen LogP contribution in [0.25, 0.3) is 0 Å². The van der Waals surface area contributed by atoms with E-state index < -0.39 is 22.2 Å². The molecule has 1 atom stereocenters. The highest BCUT2D eigenvalue weighted by molar-refractivity contribution is 7.87. The van der Waals surface area contributed by atoms with E-state index >= 15 is 0 Å². The van der Waals surface area contributed by atoms with Gasteiger partial charge in [-0.2, -0.15) is 17.0 Å². The van der Waals surface area contributed by atoms with Crippen LogP contribution in [0.15, 0.2) is 0 Å². The van der Waals surface area contributed by atoms with Crippen molar-refractivity contribution in [1.82, 2.24) is 8.61 Å². The number of rotatable bonds is 4. The van der Waals surface area contributed by atoms with Gasteiger partial charge >= 0.3 is 5.97 Å². The summed E-state index contributed by atoms with van der Waals surface area (Å²) in [7, 11) is -3.58. The maximum Gasteiger partial charge on any atom is 0.321 e. The van der Waals surface area contributed by atoms with E-state index in [1.807, 2.05) is 13.8 Å². The molecule has 94 valence electrons. The smallest absolute Gasteiger partial charge is 0.321 e. The Morgan fingerprint density at radius 1 is 1.31 bits per heavy atom. The summed E-state index contributed by atoms with van der Waals surface area (Å²) in [6, 6.07) is -0.998. The first-order chi connectivity index (χ1) is 7.26. The van der Waals surface area contributed by atoms with Gasteiger partial charge in [0.1, 0.15) is 6.04 Å². The van der Waals surface area contributed by atoms with Gasteiger partial charge in [-0.25, -0.2) is 0 Å². The van der Waals surface area contributed by atoms with Crippen LogP contribution in [0, 0.1) is 5.92 Å². The SMILES string of the molecule is CC(C)CN1CCN(C(C)C(=O)O)S1(=O)=O. The fraction of sp³-hybridized carbons (Fsp3) is 0.889. The van der Waals surface area contributed by atoms with E-state index in [1.165, 1.54) is 11.2 Å². The van der Waals surface area contributed by atoms with Crippen molar-refractivity contribution >= 4 is 16.2 Å². The molecule has 7 heteroatoms. The Hall–Kier alpha value is -0.660. The van der Waals surface area contributed by atoms with E-state index in [0.29, 0.717) is 13.1 Å². The first kappa shape index (κ1) is 13.4. The Bertz CT molecular complexity index is 366. The lowest BCUT2D eigenvalue weighted by molar-refractivity contribution is -0.140. The van der Waals surface area contributed by atoms with Gasteiger partial charge in [0.15, 0.2) is 0 Å². The molecule has 0 aromatic heterocycles. The van der Waals surface area contributed by atoms with E-state index in [-0.39, 0.29) is 12.5 Å². The average molecular weight is 250 g/mol. The third-order valence-electron chi connectivity index (χ3n) is 2.55. The van der Waals surface area contributed by atoms with Gasteiger partial charge in [-0.1, -0.05) is 13.8 Å². The Kier molecular flexibility index (Phi) is 3.92. The lowest BCUT2D eigenvalue weighted by Gasteiger charge is -2.22. The van der Waals surface area contributed by atoms with Crippen LogP contribution in [0.1, 0.15) is 20.8 Å². The predicted molar refractivity (Wildman–Crippen MR) is 59.1 cm³/mol. The number of carbonyl (C=O) groups is 1. The number of hydrogen-bond acceptors (Lipinski definition) is 3.